The average molecular weight is 268 g/mol. The lowest BCUT2D eigenvalue weighted by atomic mass is 10.3. The SMILES string of the molecule is CSc1ccc(Oc2ccc(N)cc2)cc1.Cl. The summed E-state index contributed by atoms with van der Waals surface area (Å²) in [5.41, 5.74) is 6.34. The highest BCUT2D eigenvalue weighted by molar-refractivity contribution is 7.98. The van der Waals surface area contributed by atoms with Crippen LogP contribution >= 0.6 is 24.2 Å². The van der Waals surface area contributed by atoms with E-state index in [0.29, 0.717) is 0 Å². The summed E-state index contributed by atoms with van der Waals surface area (Å²) in [6.07, 6.45) is 2.05. The van der Waals surface area contributed by atoms with Gasteiger partial charge in [-0.1, -0.05) is 0 Å². The van der Waals surface area contributed by atoms with Gasteiger partial charge in [-0.25, -0.2) is 0 Å². The molecule has 0 saturated heterocycles. The van der Waals surface area contributed by atoms with Crippen LogP contribution in [0.5, 0.6) is 11.5 Å². The van der Waals surface area contributed by atoms with Crippen LogP contribution < -0.4 is 10.5 Å². The molecule has 0 bridgehead atoms. The number of ether oxygens (including phenoxy) is 1. The van der Waals surface area contributed by atoms with Gasteiger partial charge in [-0.15, -0.1) is 24.2 Å². The normalized spacial score (nSPS) is 9.47. The molecular weight excluding hydrogens is 254 g/mol. The molecule has 0 aliphatic heterocycles. The first-order chi connectivity index (χ1) is 7.78. The zero-order chi connectivity index (χ0) is 11.4. The van der Waals surface area contributed by atoms with Crippen molar-refractivity contribution >= 4 is 29.9 Å². The van der Waals surface area contributed by atoms with Crippen molar-refractivity contribution in [2.24, 2.45) is 0 Å². The maximum absolute atomic E-state index is 5.67. The number of thioether (sulfide) groups is 1. The number of halogens is 1. The molecule has 0 heterocycles. The first kappa shape index (κ1) is 13.7. The van der Waals surface area contributed by atoms with Gasteiger partial charge in [-0.2, -0.15) is 0 Å². The molecule has 0 aliphatic carbocycles. The van der Waals surface area contributed by atoms with Crippen molar-refractivity contribution in [2.75, 3.05) is 12.0 Å². The fourth-order valence-corrected chi connectivity index (χ4v) is 1.72. The minimum Gasteiger partial charge on any atom is -0.457 e. The molecule has 2 rings (SSSR count). The molecule has 2 aromatic rings. The summed E-state index contributed by atoms with van der Waals surface area (Å²) in [5.74, 6) is 1.63. The van der Waals surface area contributed by atoms with E-state index < -0.39 is 0 Å². The number of nitrogens with two attached hydrogens (primary N) is 1. The van der Waals surface area contributed by atoms with Gasteiger partial charge in [0.1, 0.15) is 11.5 Å². The number of benzene rings is 2. The molecule has 4 heteroatoms. The number of hydrogen-bond donors (Lipinski definition) is 1. The van der Waals surface area contributed by atoms with Crippen LogP contribution in [0.25, 0.3) is 0 Å². The van der Waals surface area contributed by atoms with Gasteiger partial charge in [0.15, 0.2) is 0 Å². The summed E-state index contributed by atoms with van der Waals surface area (Å²) in [5, 5.41) is 0. The Balaban J connectivity index is 0.00000144. The predicted octanol–water partition coefficient (Wildman–Crippen LogP) is 4.20. The minimum absolute atomic E-state index is 0. The van der Waals surface area contributed by atoms with E-state index in [2.05, 4.69) is 6.26 Å². The summed E-state index contributed by atoms with van der Waals surface area (Å²) in [6.45, 7) is 0. The van der Waals surface area contributed by atoms with Crippen molar-refractivity contribution in [3.05, 3.63) is 48.5 Å². The van der Waals surface area contributed by atoms with E-state index >= 15 is 0 Å². The van der Waals surface area contributed by atoms with Crippen LogP contribution in [-0.4, -0.2) is 6.26 Å². The third-order valence-electron chi connectivity index (χ3n) is 2.18. The molecule has 90 valence electrons. The van der Waals surface area contributed by atoms with Crippen LogP contribution in [0, 0.1) is 0 Å². The maximum atomic E-state index is 5.67. The van der Waals surface area contributed by atoms with Gasteiger partial charge in [0, 0.05) is 10.6 Å². The third-order valence-corrected chi connectivity index (χ3v) is 2.92. The fourth-order valence-electron chi connectivity index (χ4n) is 1.32. The number of hydrogen-bond acceptors (Lipinski definition) is 3. The minimum atomic E-state index is 0. The molecule has 0 unspecified atom stereocenters. The van der Waals surface area contributed by atoms with E-state index in [1.807, 2.05) is 48.5 Å². The lowest BCUT2D eigenvalue weighted by Gasteiger charge is -2.06. The van der Waals surface area contributed by atoms with Crippen LogP contribution in [-0.2, 0) is 0 Å². The molecule has 0 radical (unpaired) electrons. The summed E-state index contributed by atoms with van der Waals surface area (Å²) < 4.78 is 5.67. The molecule has 0 amide bonds. The van der Waals surface area contributed by atoms with Gasteiger partial charge >= 0.3 is 0 Å². The van der Waals surface area contributed by atoms with Crippen LogP contribution in [0.1, 0.15) is 0 Å². The second-order valence-electron chi connectivity index (χ2n) is 3.35. The largest absolute Gasteiger partial charge is 0.457 e. The summed E-state index contributed by atoms with van der Waals surface area (Å²) in [6, 6.07) is 15.4. The molecule has 0 fully saturated rings. The Morgan fingerprint density at radius 2 is 1.35 bits per heavy atom. The van der Waals surface area contributed by atoms with E-state index in [4.69, 9.17) is 10.5 Å². The molecule has 17 heavy (non-hydrogen) atoms. The van der Waals surface area contributed by atoms with E-state index in [1.54, 1.807) is 11.8 Å². The van der Waals surface area contributed by atoms with Crippen molar-refractivity contribution < 1.29 is 4.74 Å². The number of rotatable bonds is 3. The molecule has 0 aliphatic rings. The predicted molar refractivity (Wildman–Crippen MR) is 76.4 cm³/mol. The molecule has 2 aromatic carbocycles. The quantitative estimate of drug-likeness (QED) is 0.668. The Bertz CT molecular complexity index is 456. The van der Waals surface area contributed by atoms with Crippen molar-refractivity contribution in [1.29, 1.82) is 0 Å². The zero-order valence-electron chi connectivity index (χ0n) is 9.42. The van der Waals surface area contributed by atoms with Crippen LogP contribution in [0.2, 0.25) is 0 Å². The number of anilines is 1. The highest BCUT2D eigenvalue weighted by Gasteiger charge is 1.97. The summed E-state index contributed by atoms with van der Waals surface area (Å²) in [7, 11) is 0. The Morgan fingerprint density at radius 3 is 1.82 bits per heavy atom. The molecule has 0 spiro atoms. The standard InChI is InChI=1S/C13H13NOS.ClH/c1-16-13-8-6-12(7-9-13)15-11-4-2-10(14)3-5-11;/h2-9H,14H2,1H3;1H. The Hall–Kier alpha value is -1.32. The molecular formula is C13H14ClNOS. The van der Waals surface area contributed by atoms with E-state index in [0.717, 1.165) is 17.2 Å². The highest BCUT2D eigenvalue weighted by atomic mass is 35.5. The van der Waals surface area contributed by atoms with Crippen molar-refractivity contribution in [1.82, 2.24) is 0 Å². The maximum Gasteiger partial charge on any atom is 0.127 e. The average Bonchev–Trinajstić information content (AvgIpc) is 2.33. The van der Waals surface area contributed by atoms with Crippen molar-refractivity contribution in [3.63, 3.8) is 0 Å². The zero-order valence-corrected chi connectivity index (χ0v) is 11.1. The first-order valence-corrected chi connectivity index (χ1v) is 6.18. The van der Waals surface area contributed by atoms with Crippen LogP contribution in [0.15, 0.2) is 53.4 Å². The van der Waals surface area contributed by atoms with Gasteiger partial charge in [0.25, 0.3) is 0 Å². The lowest BCUT2D eigenvalue weighted by molar-refractivity contribution is 0.482. The van der Waals surface area contributed by atoms with Gasteiger partial charge in [-0.05, 0) is 54.8 Å². The summed E-state index contributed by atoms with van der Waals surface area (Å²) in [4.78, 5) is 1.23. The topological polar surface area (TPSA) is 35.2 Å². The Kier molecular flexibility index (Phi) is 5.19. The molecule has 0 atom stereocenters. The number of nitrogen functional groups attached to an aromatic ring is 1. The molecule has 2 nitrogen and oxygen atoms in total. The van der Waals surface area contributed by atoms with Crippen LogP contribution in [0.4, 0.5) is 5.69 Å². The molecule has 0 aromatic heterocycles. The van der Waals surface area contributed by atoms with Crippen molar-refractivity contribution in [3.8, 4) is 11.5 Å². The fraction of sp³-hybridized carbons (Fsp3) is 0.0769. The third kappa shape index (κ3) is 3.88. The molecule has 0 saturated carbocycles. The van der Waals surface area contributed by atoms with Gasteiger partial charge in [0.05, 0.1) is 0 Å². The second-order valence-corrected chi connectivity index (χ2v) is 4.23. The Labute approximate surface area is 112 Å². The lowest BCUT2D eigenvalue weighted by Crippen LogP contribution is -1.86. The Morgan fingerprint density at radius 1 is 0.882 bits per heavy atom. The van der Waals surface area contributed by atoms with Crippen molar-refractivity contribution in [2.45, 2.75) is 4.90 Å². The first-order valence-electron chi connectivity index (χ1n) is 4.95. The highest BCUT2D eigenvalue weighted by Crippen LogP contribution is 2.24. The smallest absolute Gasteiger partial charge is 0.127 e. The second kappa shape index (κ2) is 6.42. The van der Waals surface area contributed by atoms with Gasteiger partial charge in [-0.3, -0.25) is 0 Å². The summed E-state index contributed by atoms with van der Waals surface area (Å²) >= 11 is 1.71. The van der Waals surface area contributed by atoms with Crippen LogP contribution in [0.3, 0.4) is 0 Å². The van der Waals surface area contributed by atoms with Gasteiger partial charge in [0.2, 0.25) is 0 Å². The van der Waals surface area contributed by atoms with Gasteiger partial charge < -0.3 is 10.5 Å². The monoisotopic (exact) mass is 267 g/mol. The van der Waals surface area contributed by atoms with E-state index in [-0.39, 0.29) is 12.4 Å². The van der Waals surface area contributed by atoms with E-state index in [1.165, 1.54) is 4.90 Å². The molecule has 2 N–H and O–H groups in total. The van der Waals surface area contributed by atoms with E-state index in [9.17, 15) is 0 Å².